The molecule has 0 atom stereocenters. The van der Waals surface area contributed by atoms with E-state index in [4.69, 9.17) is 10.2 Å². The molecule has 1 aromatic carbocycles. The molecule has 0 saturated heterocycles. The van der Waals surface area contributed by atoms with Crippen LogP contribution in [0.15, 0.2) is 21.3 Å². The first-order valence-electron chi connectivity index (χ1n) is 3.56. The van der Waals surface area contributed by atoms with Gasteiger partial charge in [0.05, 0.1) is 5.52 Å². The molecule has 0 saturated carbocycles. The Morgan fingerprint density at radius 3 is 3.00 bits per heavy atom. The van der Waals surface area contributed by atoms with Crippen LogP contribution < -0.4 is 11.5 Å². The molecule has 0 aliphatic heterocycles. The number of H-pyrrole nitrogens is 1. The Bertz CT molecular complexity index is 481. The number of hydrogen-bond donors (Lipinski definition) is 2. The van der Waals surface area contributed by atoms with Crippen molar-refractivity contribution in [3.8, 4) is 0 Å². The van der Waals surface area contributed by atoms with Crippen molar-refractivity contribution in [2.75, 3.05) is 5.73 Å². The number of hydrogen-bond acceptors (Lipinski definition) is 3. The molecule has 4 heteroatoms. The molecule has 0 spiro atoms. The molecule has 1 aromatic heterocycles. The summed E-state index contributed by atoms with van der Waals surface area (Å²) in [6, 6.07) is 3.46. The molecule has 0 bridgehead atoms. The first kappa shape index (κ1) is 6.97. The number of aromatic amines is 1. The summed E-state index contributed by atoms with van der Waals surface area (Å²) in [5.74, 6) is -0.446. The van der Waals surface area contributed by atoms with Crippen LogP contribution in [-0.4, -0.2) is 4.98 Å². The largest absolute Gasteiger partial charge is 0.417 e. The minimum Gasteiger partial charge on any atom is -0.407 e. The molecule has 0 aliphatic carbocycles. The summed E-state index contributed by atoms with van der Waals surface area (Å²) in [7, 11) is 0. The van der Waals surface area contributed by atoms with E-state index in [2.05, 4.69) is 4.98 Å². The summed E-state index contributed by atoms with van der Waals surface area (Å²) < 4.78 is 4.89. The zero-order valence-electron chi connectivity index (χ0n) is 6.55. The first-order chi connectivity index (χ1) is 5.68. The van der Waals surface area contributed by atoms with E-state index < -0.39 is 5.76 Å². The molecule has 12 heavy (non-hydrogen) atoms. The van der Waals surface area contributed by atoms with Gasteiger partial charge in [-0.1, -0.05) is 0 Å². The van der Waals surface area contributed by atoms with E-state index in [-0.39, 0.29) is 0 Å². The summed E-state index contributed by atoms with van der Waals surface area (Å²) >= 11 is 0. The predicted molar refractivity (Wildman–Crippen MR) is 46.0 cm³/mol. The molecular weight excluding hydrogens is 156 g/mol. The Labute approximate surface area is 68.0 Å². The molecule has 0 unspecified atom stereocenters. The fraction of sp³-hybridized carbons (Fsp3) is 0.125. The molecule has 2 rings (SSSR count). The number of fused-ring (bicyclic) bond motifs is 1. The summed E-state index contributed by atoms with van der Waals surface area (Å²) in [6.07, 6.45) is 0. The van der Waals surface area contributed by atoms with E-state index in [1.807, 2.05) is 6.92 Å². The number of benzene rings is 1. The third-order valence-corrected chi connectivity index (χ3v) is 1.88. The highest BCUT2D eigenvalue weighted by atomic mass is 16.4. The molecule has 1 heterocycles. The summed E-state index contributed by atoms with van der Waals surface area (Å²) in [5.41, 5.74) is 8.27. The van der Waals surface area contributed by atoms with Gasteiger partial charge < -0.3 is 10.2 Å². The first-order valence-corrected chi connectivity index (χ1v) is 3.56. The predicted octanol–water partition coefficient (Wildman–Crippen LogP) is 1.01. The SMILES string of the molecule is Cc1c(N)ccc2[nH]c(=O)oc12. The number of aromatic nitrogens is 1. The maximum atomic E-state index is 10.8. The maximum Gasteiger partial charge on any atom is 0.417 e. The Morgan fingerprint density at radius 2 is 2.25 bits per heavy atom. The average Bonchev–Trinajstić information content (AvgIpc) is 2.39. The Kier molecular flexibility index (Phi) is 1.24. The highest BCUT2D eigenvalue weighted by molar-refractivity contribution is 5.80. The lowest BCUT2D eigenvalue weighted by atomic mass is 10.2. The molecule has 0 fully saturated rings. The van der Waals surface area contributed by atoms with Gasteiger partial charge in [-0.2, -0.15) is 0 Å². The van der Waals surface area contributed by atoms with Crippen LogP contribution in [0, 0.1) is 6.92 Å². The van der Waals surface area contributed by atoms with E-state index >= 15 is 0 Å². The van der Waals surface area contributed by atoms with Gasteiger partial charge in [-0.15, -0.1) is 0 Å². The average molecular weight is 164 g/mol. The fourth-order valence-corrected chi connectivity index (χ4v) is 1.17. The van der Waals surface area contributed by atoms with Gasteiger partial charge in [-0.25, -0.2) is 4.79 Å². The van der Waals surface area contributed by atoms with Crippen molar-refractivity contribution in [1.82, 2.24) is 4.98 Å². The van der Waals surface area contributed by atoms with Crippen LogP contribution in [0.1, 0.15) is 5.56 Å². The number of aryl methyl sites for hydroxylation is 1. The standard InChI is InChI=1S/C8H8N2O2/c1-4-5(9)2-3-6-7(4)12-8(11)10-6/h2-3H,9H2,1H3,(H,10,11). The van der Waals surface area contributed by atoms with Gasteiger partial charge >= 0.3 is 5.76 Å². The van der Waals surface area contributed by atoms with Crippen LogP contribution in [0.3, 0.4) is 0 Å². The number of nitrogens with one attached hydrogen (secondary N) is 1. The van der Waals surface area contributed by atoms with Crippen LogP contribution in [0.4, 0.5) is 5.69 Å². The zero-order valence-corrected chi connectivity index (χ0v) is 6.55. The van der Waals surface area contributed by atoms with Crippen LogP contribution >= 0.6 is 0 Å². The van der Waals surface area contributed by atoms with Gasteiger partial charge in [0.2, 0.25) is 0 Å². The van der Waals surface area contributed by atoms with E-state index in [1.165, 1.54) is 0 Å². The second-order valence-electron chi connectivity index (χ2n) is 2.67. The van der Waals surface area contributed by atoms with Crippen molar-refractivity contribution in [3.05, 3.63) is 28.2 Å². The van der Waals surface area contributed by atoms with Crippen molar-refractivity contribution in [1.29, 1.82) is 0 Å². The lowest BCUT2D eigenvalue weighted by molar-refractivity contribution is 0.553. The van der Waals surface area contributed by atoms with Crippen LogP contribution in [0.5, 0.6) is 0 Å². The van der Waals surface area contributed by atoms with Crippen LogP contribution in [0.2, 0.25) is 0 Å². The number of oxazole rings is 1. The summed E-state index contributed by atoms with van der Waals surface area (Å²) in [6.45, 7) is 1.81. The normalized spacial score (nSPS) is 10.8. The number of rotatable bonds is 0. The van der Waals surface area contributed by atoms with Gasteiger partial charge in [0.25, 0.3) is 0 Å². The van der Waals surface area contributed by atoms with Gasteiger partial charge in [-0.3, -0.25) is 4.98 Å². The molecule has 3 N–H and O–H groups in total. The molecule has 2 aromatic rings. The number of anilines is 1. The smallest absolute Gasteiger partial charge is 0.407 e. The molecular formula is C8H8N2O2. The monoisotopic (exact) mass is 164 g/mol. The van der Waals surface area contributed by atoms with E-state index in [0.717, 1.165) is 5.56 Å². The third-order valence-electron chi connectivity index (χ3n) is 1.88. The lowest BCUT2D eigenvalue weighted by Gasteiger charge is -1.97. The van der Waals surface area contributed by atoms with Gasteiger partial charge in [0, 0.05) is 11.3 Å². The maximum absolute atomic E-state index is 10.8. The molecule has 0 aliphatic rings. The second-order valence-corrected chi connectivity index (χ2v) is 2.67. The van der Waals surface area contributed by atoms with E-state index in [9.17, 15) is 4.79 Å². The topological polar surface area (TPSA) is 72.0 Å². The van der Waals surface area contributed by atoms with Crippen molar-refractivity contribution in [3.63, 3.8) is 0 Å². The second kappa shape index (κ2) is 2.14. The van der Waals surface area contributed by atoms with E-state index in [1.54, 1.807) is 12.1 Å². The summed E-state index contributed by atoms with van der Waals surface area (Å²) in [5, 5.41) is 0. The van der Waals surface area contributed by atoms with Crippen molar-refractivity contribution < 1.29 is 4.42 Å². The van der Waals surface area contributed by atoms with Gasteiger partial charge in [0.1, 0.15) is 0 Å². The Balaban J connectivity index is 2.99. The lowest BCUT2D eigenvalue weighted by Crippen LogP contribution is -1.92. The molecule has 0 amide bonds. The zero-order chi connectivity index (χ0) is 8.72. The minimum absolute atomic E-state index is 0.446. The van der Waals surface area contributed by atoms with Gasteiger partial charge in [-0.05, 0) is 19.1 Å². The quantitative estimate of drug-likeness (QED) is 0.571. The molecule has 4 nitrogen and oxygen atoms in total. The van der Waals surface area contributed by atoms with Crippen LogP contribution in [0.25, 0.3) is 11.1 Å². The number of nitrogens with two attached hydrogens (primary N) is 1. The summed E-state index contributed by atoms with van der Waals surface area (Å²) in [4.78, 5) is 13.3. The van der Waals surface area contributed by atoms with Crippen molar-refractivity contribution in [2.45, 2.75) is 6.92 Å². The van der Waals surface area contributed by atoms with Crippen molar-refractivity contribution >= 4 is 16.8 Å². The van der Waals surface area contributed by atoms with E-state index in [0.29, 0.717) is 16.8 Å². The highest BCUT2D eigenvalue weighted by Gasteiger charge is 2.05. The van der Waals surface area contributed by atoms with Gasteiger partial charge in [0.15, 0.2) is 5.58 Å². The minimum atomic E-state index is -0.446. The molecule has 62 valence electrons. The Hall–Kier alpha value is -1.71. The van der Waals surface area contributed by atoms with Crippen molar-refractivity contribution in [2.24, 2.45) is 0 Å². The third kappa shape index (κ3) is 0.812. The highest BCUT2D eigenvalue weighted by Crippen LogP contribution is 2.20. The van der Waals surface area contributed by atoms with Crippen LogP contribution in [-0.2, 0) is 0 Å². The Morgan fingerprint density at radius 1 is 1.50 bits per heavy atom. The molecule has 0 radical (unpaired) electrons. The number of nitrogen functional groups attached to an aromatic ring is 1. The fourth-order valence-electron chi connectivity index (χ4n) is 1.17.